The lowest BCUT2D eigenvalue weighted by molar-refractivity contribution is 0.00578. The lowest BCUT2D eigenvalue weighted by atomic mass is 9.81. The third-order valence-corrected chi connectivity index (χ3v) is 9.84. The number of hydrogen-bond acceptors (Lipinski definition) is 6. The molecule has 1 unspecified atom stereocenters. The van der Waals surface area contributed by atoms with Crippen molar-refractivity contribution in [1.29, 1.82) is 0 Å². The quantitative estimate of drug-likeness (QED) is 0.151. The van der Waals surface area contributed by atoms with Crippen LogP contribution in [0.1, 0.15) is 73.5 Å². The Morgan fingerprint density at radius 2 is 1.71 bits per heavy atom. The van der Waals surface area contributed by atoms with E-state index >= 15 is 0 Å². The molecule has 0 radical (unpaired) electrons. The average Bonchev–Trinajstić information content (AvgIpc) is 3.73. The highest BCUT2D eigenvalue weighted by Gasteiger charge is 2.50. The van der Waals surface area contributed by atoms with E-state index in [0.29, 0.717) is 46.3 Å². The highest BCUT2D eigenvalue weighted by Crippen LogP contribution is 2.48. The van der Waals surface area contributed by atoms with E-state index in [1.807, 2.05) is 58.0 Å². The van der Waals surface area contributed by atoms with E-state index in [-0.39, 0.29) is 25.5 Å². The van der Waals surface area contributed by atoms with Crippen molar-refractivity contribution in [2.24, 2.45) is 0 Å². The molecule has 1 aliphatic heterocycles. The average molecular weight is 632 g/mol. The van der Waals surface area contributed by atoms with Gasteiger partial charge in [-0.2, -0.15) is 0 Å². The molecule has 1 aromatic heterocycles. The van der Waals surface area contributed by atoms with Crippen LogP contribution in [0.4, 0.5) is 10.1 Å². The number of halogens is 1. The van der Waals surface area contributed by atoms with Crippen LogP contribution in [0, 0.1) is 5.82 Å². The number of aryl methyl sites for hydroxylation is 1. The van der Waals surface area contributed by atoms with E-state index in [1.165, 1.54) is 23.5 Å². The lowest BCUT2D eigenvalue weighted by Gasteiger charge is -2.32. The molecule has 1 aliphatic carbocycles. The van der Waals surface area contributed by atoms with E-state index in [9.17, 15) is 17.9 Å². The summed E-state index contributed by atoms with van der Waals surface area (Å²) in [7, 11) is 1.22. The molecule has 2 aliphatic rings. The summed E-state index contributed by atoms with van der Waals surface area (Å²) in [5.41, 5.74) is 3.72. The Bertz CT molecular complexity index is 1750. The fourth-order valence-electron chi connectivity index (χ4n) is 5.88. The van der Waals surface area contributed by atoms with Gasteiger partial charge in [0.2, 0.25) is 0 Å². The zero-order chi connectivity index (χ0) is 32.1. The zero-order valence-electron chi connectivity index (χ0n) is 26.1. The molecule has 2 heterocycles. The number of carbonyl (C=O) groups is 1. The van der Waals surface area contributed by atoms with Crippen molar-refractivity contribution in [3.63, 3.8) is 0 Å². The number of carbonyl (C=O) groups excluding carboxylic acids is 1. The summed E-state index contributed by atoms with van der Waals surface area (Å²) in [5, 5.41) is 3.26. The summed E-state index contributed by atoms with van der Waals surface area (Å²) in [5.74, 6) is -0.277. The van der Waals surface area contributed by atoms with Gasteiger partial charge in [-0.05, 0) is 106 Å². The second-order valence-electron chi connectivity index (χ2n) is 12.9. The molecular weight excluding hydrogens is 594 g/mol. The standard InChI is InChI=1S/C34H38BFN2O6S/c1-33(2)34(3,4)44-35(43-33)16-15-21-7-6-8-22(17-21)20-38(45(40)41)28-19-29-27(18-26(28)23-9-10-23)30(32(39)37-5)31(42-29)24-11-13-25(36)14-12-24/h6-8,11-14,17-19,23H,9-10,15-16,20H2,1-5H3,(H,37,39)(H,40,41)/p-1. The summed E-state index contributed by atoms with van der Waals surface area (Å²) in [6.45, 7) is 8.25. The van der Waals surface area contributed by atoms with Crippen LogP contribution < -0.4 is 9.62 Å². The number of fused-ring (bicyclic) bond motifs is 1. The van der Waals surface area contributed by atoms with E-state index in [2.05, 4.69) is 5.32 Å². The normalized spacial score (nSPS) is 17.9. The van der Waals surface area contributed by atoms with Crippen LogP contribution >= 0.6 is 0 Å². The van der Waals surface area contributed by atoms with Crippen LogP contribution in [-0.2, 0) is 33.5 Å². The minimum Gasteiger partial charge on any atom is -0.755 e. The number of nitrogens with zero attached hydrogens (tertiary/aromatic N) is 1. The molecule has 4 aromatic rings. The number of furan rings is 1. The van der Waals surface area contributed by atoms with Crippen LogP contribution in [0.5, 0.6) is 0 Å². The first-order valence-corrected chi connectivity index (χ1v) is 16.3. The molecule has 0 spiro atoms. The Hall–Kier alpha value is -3.51. The molecule has 2 fully saturated rings. The number of nitrogens with one attached hydrogen (secondary N) is 1. The van der Waals surface area contributed by atoms with Crippen molar-refractivity contribution in [3.8, 4) is 11.3 Å². The molecule has 6 rings (SSSR count). The predicted octanol–water partition coefficient (Wildman–Crippen LogP) is 6.91. The van der Waals surface area contributed by atoms with Gasteiger partial charge in [0.05, 0.1) is 29.0 Å². The van der Waals surface area contributed by atoms with E-state index in [0.717, 1.165) is 29.5 Å². The second-order valence-corrected chi connectivity index (χ2v) is 13.7. The molecule has 236 valence electrons. The molecular formula is C34H37BFN2O6S-. The Labute approximate surface area is 265 Å². The summed E-state index contributed by atoms with van der Waals surface area (Å²) < 4.78 is 59.1. The van der Waals surface area contributed by atoms with Crippen molar-refractivity contribution in [2.75, 3.05) is 11.4 Å². The molecule has 3 aromatic carbocycles. The molecule has 45 heavy (non-hydrogen) atoms. The number of amides is 1. The van der Waals surface area contributed by atoms with Crippen molar-refractivity contribution in [2.45, 2.75) is 76.9 Å². The molecule has 1 amide bonds. The highest BCUT2D eigenvalue weighted by atomic mass is 32.2. The van der Waals surface area contributed by atoms with Crippen molar-refractivity contribution in [3.05, 3.63) is 88.7 Å². The summed E-state index contributed by atoms with van der Waals surface area (Å²) in [6.07, 6.45) is 3.23. The van der Waals surface area contributed by atoms with E-state index in [1.54, 1.807) is 18.2 Å². The van der Waals surface area contributed by atoms with Gasteiger partial charge >= 0.3 is 7.12 Å². The van der Waals surface area contributed by atoms with Gasteiger partial charge in [0.1, 0.15) is 17.2 Å². The third kappa shape index (κ3) is 6.31. The van der Waals surface area contributed by atoms with E-state index in [4.69, 9.17) is 13.7 Å². The first kappa shape index (κ1) is 31.5. The third-order valence-electron chi connectivity index (χ3n) is 9.15. The van der Waals surface area contributed by atoms with Crippen LogP contribution in [0.2, 0.25) is 6.32 Å². The fraction of sp³-hybridized carbons (Fsp3) is 0.382. The van der Waals surface area contributed by atoms with Gasteiger partial charge in [-0.3, -0.25) is 13.3 Å². The highest BCUT2D eigenvalue weighted by molar-refractivity contribution is 7.80. The number of benzene rings is 3. The van der Waals surface area contributed by atoms with Crippen LogP contribution in [0.25, 0.3) is 22.3 Å². The minimum absolute atomic E-state index is 0.125. The molecule has 1 N–H and O–H groups in total. The topological polar surface area (TPSA) is 104 Å². The maximum absolute atomic E-state index is 13.7. The predicted molar refractivity (Wildman–Crippen MR) is 173 cm³/mol. The van der Waals surface area contributed by atoms with Crippen molar-refractivity contribution >= 4 is 40.9 Å². The zero-order valence-corrected chi connectivity index (χ0v) is 27.0. The smallest absolute Gasteiger partial charge is 0.458 e. The largest absolute Gasteiger partial charge is 0.755 e. The van der Waals surface area contributed by atoms with Crippen LogP contribution in [0.3, 0.4) is 0 Å². The van der Waals surface area contributed by atoms with Gasteiger partial charge in [-0.1, -0.05) is 24.3 Å². The molecule has 1 saturated carbocycles. The van der Waals surface area contributed by atoms with Gasteiger partial charge in [0.15, 0.2) is 0 Å². The van der Waals surface area contributed by atoms with Gasteiger partial charge < -0.3 is 23.6 Å². The van der Waals surface area contributed by atoms with Crippen molar-refractivity contribution < 1.29 is 31.7 Å². The SMILES string of the molecule is CNC(=O)c1c(-c2ccc(F)cc2)oc2cc(N(Cc3cccc(CCB4OC(C)(C)C(C)(C)O4)c3)S(=O)[O-])c(C3CC3)cc12. The molecule has 8 nitrogen and oxygen atoms in total. The Morgan fingerprint density at radius 3 is 2.33 bits per heavy atom. The number of rotatable bonds is 10. The monoisotopic (exact) mass is 631 g/mol. The van der Waals surface area contributed by atoms with Crippen LogP contribution in [-0.4, -0.2) is 40.0 Å². The maximum atomic E-state index is 13.7. The Balaban J connectivity index is 1.32. The summed E-state index contributed by atoms with van der Waals surface area (Å²) >= 11 is -2.59. The molecule has 11 heteroatoms. The lowest BCUT2D eigenvalue weighted by Crippen LogP contribution is -2.41. The van der Waals surface area contributed by atoms with Gasteiger partial charge in [-0.15, -0.1) is 0 Å². The molecule has 1 atom stereocenters. The number of hydrogen-bond donors (Lipinski definition) is 1. The van der Waals surface area contributed by atoms with E-state index < -0.39 is 28.3 Å². The van der Waals surface area contributed by atoms with Gasteiger partial charge in [0, 0.05) is 35.3 Å². The maximum Gasteiger partial charge on any atom is 0.458 e. The number of anilines is 1. The van der Waals surface area contributed by atoms with Crippen molar-refractivity contribution in [1.82, 2.24) is 5.32 Å². The van der Waals surface area contributed by atoms with Gasteiger partial charge in [0.25, 0.3) is 5.91 Å². The van der Waals surface area contributed by atoms with Gasteiger partial charge in [-0.25, -0.2) is 4.39 Å². The molecule has 0 bridgehead atoms. The minimum atomic E-state index is -2.59. The summed E-state index contributed by atoms with van der Waals surface area (Å²) in [4.78, 5) is 13.1. The second kappa shape index (κ2) is 12.0. The van der Waals surface area contributed by atoms with Crippen LogP contribution in [0.15, 0.2) is 65.1 Å². The Kier molecular flexibility index (Phi) is 8.41. The fourth-order valence-corrected chi connectivity index (χ4v) is 6.45. The first-order valence-electron chi connectivity index (χ1n) is 15.3. The molecule has 1 saturated heterocycles. The first-order chi connectivity index (χ1) is 21.4. The summed E-state index contributed by atoms with van der Waals surface area (Å²) in [6, 6.07) is 17.2. The Morgan fingerprint density at radius 1 is 1.04 bits per heavy atom.